The lowest BCUT2D eigenvalue weighted by Gasteiger charge is -2.07. The molecule has 22 heavy (non-hydrogen) atoms. The van der Waals surface area contributed by atoms with Crippen molar-refractivity contribution in [3.05, 3.63) is 52.0 Å². The number of hydrogen-bond acceptors (Lipinski definition) is 3. The number of hydrogen-bond donors (Lipinski definition) is 2. The Morgan fingerprint density at radius 2 is 2.05 bits per heavy atom. The van der Waals surface area contributed by atoms with E-state index in [0.29, 0.717) is 18.4 Å². The molecule has 0 saturated carbocycles. The van der Waals surface area contributed by atoms with Gasteiger partial charge < -0.3 is 11.1 Å². The Kier molecular flexibility index (Phi) is 6.40. The van der Waals surface area contributed by atoms with Gasteiger partial charge in [0.25, 0.3) is 0 Å². The third-order valence-electron chi connectivity index (χ3n) is 3.17. The predicted molar refractivity (Wildman–Crippen MR) is 94.1 cm³/mol. The fourth-order valence-electron chi connectivity index (χ4n) is 1.96. The summed E-state index contributed by atoms with van der Waals surface area (Å²) in [5, 5.41) is 6.33. The molecule has 4 nitrogen and oxygen atoms in total. The lowest BCUT2D eigenvalue weighted by molar-refractivity contribution is 0.621. The van der Waals surface area contributed by atoms with Crippen molar-refractivity contribution in [2.75, 3.05) is 6.54 Å². The number of nitrogens with one attached hydrogen (secondary N) is 1. The van der Waals surface area contributed by atoms with Crippen molar-refractivity contribution < 1.29 is 0 Å². The molecule has 0 aliphatic carbocycles. The molecule has 118 valence electrons. The Balaban J connectivity index is 1.80. The molecular formula is C17H24N4S. The lowest BCUT2D eigenvalue weighted by atomic mass is 10.1. The molecule has 0 fully saturated rings. The number of thiazole rings is 1. The van der Waals surface area contributed by atoms with E-state index in [2.05, 4.69) is 58.8 Å². The summed E-state index contributed by atoms with van der Waals surface area (Å²) in [4.78, 5) is 8.95. The van der Waals surface area contributed by atoms with Crippen molar-refractivity contribution in [2.45, 2.75) is 33.2 Å². The van der Waals surface area contributed by atoms with Crippen LogP contribution in [-0.4, -0.2) is 17.5 Å². The first-order valence-electron chi connectivity index (χ1n) is 7.64. The summed E-state index contributed by atoms with van der Waals surface area (Å²) in [6, 6.07) is 10.5. The van der Waals surface area contributed by atoms with Crippen LogP contribution in [0.25, 0.3) is 0 Å². The second-order valence-electron chi connectivity index (χ2n) is 5.69. The standard InChI is InChI=1S/C17H24N4S/c1-13(2)10-19-17(18)20-11-15-12-22-16(21-15)9-8-14-6-4-3-5-7-14/h3-7,12-13H,8-11H2,1-2H3,(H3,18,19,20). The highest BCUT2D eigenvalue weighted by Gasteiger charge is 2.03. The maximum Gasteiger partial charge on any atom is 0.188 e. The summed E-state index contributed by atoms with van der Waals surface area (Å²) in [7, 11) is 0. The highest BCUT2D eigenvalue weighted by atomic mass is 32.1. The number of aryl methyl sites for hydroxylation is 2. The molecule has 0 aliphatic rings. The predicted octanol–water partition coefficient (Wildman–Crippen LogP) is 2.99. The number of benzene rings is 1. The molecule has 0 radical (unpaired) electrons. The van der Waals surface area contributed by atoms with Gasteiger partial charge in [0.1, 0.15) is 0 Å². The molecule has 0 spiro atoms. The summed E-state index contributed by atoms with van der Waals surface area (Å²) in [5.41, 5.74) is 8.16. The molecule has 5 heteroatoms. The van der Waals surface area contributed by atoms with E-state index in [1.54, 1.807) is 11.3 Å². The SMILES string of the molecule is CC(C)CNC(N)=NCc1csc(CCc2ccccc2)n1. The Morgan fingerprint density at radius 3 is 2.77 bits per heavy atom. The number of guanidine groups is 1. The minimum Gasteiger partial charge on any atom is -0.370 e. The highest BCUT2D eigenvalue weighted by molar-refractivity contribution is 7.09. The molecule has 0 aliphatic heterocycles. The van der Waals surface area contributed by atoms with E-state index in [9.17, 15) is 0 Å². The van der Waals surface area contributed by atoms with Crippen LogP contribution in [-0.2, 0) is 19.4 Å². The van der Waals surface area contributed by atoms with Gasteiger partial charge in [-0.1, -0.05) is 44.2 Å². The molecule has 0 saturated heterocycles. The third kappa shape index (κ3) is 5.85. The Morgan fingerprint density at radius 1 is 1.27 bits per heavy atom. The monoisotopic (exact) mass is 316 g/mol. The smallest absolute Gasteiger partial charge is 0.188 e. The van der Waals surface area contributed by atoms with Gasteiger partial charge in [-0.25, -0.2) is 9.98 Å². The molecule has 0 amide bonds. The molecular weight excluding hydrogens is 292 g/mol. The van der Waals surface area contributed by atoms with Gasteiger partial charge in [-0.3, -0.25) is 0 Å². The lowest BCUT2D eigenvalue weighted by Crippen LogP contribution is -2.34. The zero-order chi connectivity index (χ0) is 15.8. The van der Waals surface area contributed by atoms with E-state index in [1.165, 1.54) is 5.56 Å². The Bertz CT molecular complexity index is 590. The minimum absolute atomic E-state index is 0.493. The van der Waals surface area contributed by atoms with E-state index in [-0.39, 0.29) is 0 Å². The van der Waals surface area contributed by atoms with Gasteiger partial charge in [-0.05, 0) is 17.9 Å². The second-order valence-corrected chi connectivity index (χ2v) is 6.64. The zero-order valence-electron chi connectivity index (χ0n) is 13.2. The van der Waals surface area contributed by atoms with Crippen LogP contribution in [0.4, 0.5) is 0 Å². The van der Waals surface area contributed by atoms with E-state index < -0.39 is 0 Å². The maximum absolute atomic E-state index is 5.83. The van der Waals surface area contributed by atoms with Gasteiger partial charge in [-0.15, -0.1) is 11.3 Å². The van der Waals surface area contributed by atoms with Gasteiger partial charge in [0, 0.05) is 18.3 Å². The third-order valence-corrected chi connectivity index (χ3v) is 4.13. The summed E-state index contributed by atoms with van der Waals surface area (Å²) in [6.07, 6.45) is 1.99. The van der Waals surface area contributed by atoms with Gasteiger partial charge >= 0.3 is 0 Å². The maximum atomic E-state index is 5.83. The second kappa shape index (κ2) is 8.54. The number of nitrogens with two attached hydrogens (primary N) is 1. The molecule has 0 unspecified atom stereocenters. The number of aromatic nitrogens is 1. The average Bonchev–Trinajstić information content (AvgIpc) is 2.98. The van der Waals surface area contributed by atoms with E-state index in [0.717, 1.165) is 30.1 Å². The van der Waals surface area contributed by atoms with Crippen LogP contribution in [0.1, 0.15) is 30.1 Å². The van der Waals surface area contributed by atoms with Crippen LogP contribution in [0.15, 0.2) is 40.7 Å². The summed E-state index contributed by atoms with van der Waals surface area (Å²) < 4.78 is 0. The largest absolute Gasteiger partial charge is 0.370 e. The number of rotatable bonds is 7. The fraction of sp³-hybridized carbons (Fsp3) is 0.412. The summed E-state index contributed by atoms with van der Waals surface area (Å²) in [6.45, 7) is 5.66. The van der Waals surface area contributed by atoms with E-state index in [1.807, 2.05) is 6.07 Å². The molecule has 1 aromatic heterocycles. The van der Waals surface area contributed by atoms with Crippen LogP contribution in [0.2, 0.25) is 0 Å². The first kappa shape index (κ1) is 16.5. The molecule has 0 bridgehead atoms. The van der Waals surface area contributed by atoms with Gasteiger partial charge in [0.15, 0.2) is 5.96 Å². The molecule has 1 aromatic carbocycles. The quantitative estimate of drug-likeness (QED) is 0.610. The fourth-order valence-corrected chi connectivity index (χ4v) is 2.75. The zero-order valence-corrected chi connectivity index (χ0v) is 14.1. The summed E-state index contributed by atoms with van der Waals surface area (Å²) >= 11 is 1.70. The van der Waals surface area contributed by atoms with E-state index >= 15 is 0 Å². The van der Waals surface area contributed by atoms with Crippen molar-refractivity contribution >= 4 is 17.3 Å². The van der Waals surface area contributed by atoms with Crippen molar-refractivity contribution in [1.29, 1.82) is 0 Å². The van der Waals surface area contributed by atoms with Crippen LogP contribution in [0.3, 0.4) is 0 Å². The first-order chi connectivity index (χ1) is 10.6. The van der Waals surface area contributed by atoms with Crippen LogP contribution in [0.5, 0.6) is 0 Å². The van der Waals surface area contributed by atoms with Crippen LogP contribution in [0, 0.1) is 5.92 Å². The topological polar surface area (TPSA) is 63.3 Å². The molecule has 2 aromatic rings. The highest BCUT2D eigenvalue weighted by Crippen LogP contribution is 2.13. The first-order valence-corrected chi connectivity index (χ1v) is 8.52. The molecule has 2 rings (SSSR count). The van der Waals surface area contributed by atoms with Gasteiger partial charge in [0.2, 0.25) is 0 Å². The number of aliphatic imine (C=N–C) groups is 1. The summed E-state index contributed by atoms with van der Waals surface area (Å²) in [5.74, 6) is 1.05. The van der Waals surface area contributed by atoms with Crippen LogP contribution >= 0.6 is 11.3 Å². The average molecular weight is 316 g/mol. The normalized spacial score (nSPS) is 11.9. The minimum atomic E-state index is 0.493. The van der Waals surface area contributed by atoms with Crippen molar-refractivity contribution in [3.63, 3.8) is 0 Å². The van der Waals surface area contributed by atoms with Crippen molar-refractivity contribution in [2.24, 2.45) is 16.6 Å². The Labute approximate surface area is 136 Å². The van der Waals surface area contributed by atoms with Crippen molar-refractivity contribution in [1.82, 2.24) is 10.3 Å². The van der Waals surface area contributed by atoms with Crippen LogP contribution < -0.4 is 11.1 Å². The van der Waals surface area contributed by atoms with Crippen molar-refractivity contribution in [3.8, 4) is 0 Å². The Hall–Kier alpha value is -1.88. The molecule has 1 heterocycles. The molecule has 0 atom stereocenters. The molecule has 3 N–H and O–H groups in total. The van der Waals surface area contributed by atoms with E-state index in [4.69, 9.17) is 5.73 Å². The van der Waals surface area contributed by atoms with Gasteiger partial charge in [-0.2, -0.15) is 0 Å². The van der Waals surface area contributed by atoms with Gasteiger partial charge in [0.05, 0.1) is 17.2 Å². The number of nitrogens with zero attached hydrogens (tertiary/aromatic N) is 2.